The van der Waals surface area contributed by atoms with Gasteiger partial charge in [-0.2, -0.15) is 0 Å². The average Bonchev–Trinajstić information content (AvgIpc) is 3.56. The fourth-order valence-corrected chi connectivity index (χ4v) is 5.01. The normalized spacial score (nSPS) is 24.9. The number of hydrogen-bond donors (Lipinski definition) is 1. The van der Waals surface area contributed by atoms with E-state index >= 15 is 0 Å². The van der Waals surface area contributed by atoms with Crippen LogP contribution in [0.4, 0.5) is 0 Å². The Bertz CT molecular complexity index is 745. The lowest BCUT2D eigenvalue weighted by atomic mass is 10.1. The molecule has 2 unspecified atom stereocenters. The fraction of sp³-hybridized carbons (Fsp3) is 0.870. The molecule has 0 spiro atoms. The number of rotatable bonds is 8. The average molecular weight is 576 g/mol. The molecule has 1 N–H and O–H groups in total. The van der Waals surface area contributed by atoms with Gasteiger partial charge in [0.2, 0.25) is 0 Å². The Hall–Kier alpha value is -0.980. The summed E-state index contributed by atoms with van der Waals surface area (Å²) in [6, 6.07) is 0.592. The van der Waals surface area contributed by atoms with Gasteiger partial charge in [-0.05, 0) is 58.5 Å². The van der Waals surface area contributed by atoms with Gasteiger partial charge in [0, 0.05) is 39.3 Å². The molecule has 0 aromatic carbocycles. The summed E-state index contributed by atoms with van der Waals surface area (Å²) in [4.78, 5) is 9.93. The molecular weight excluding hydrogens is 533 g/mol. The van der Waals surface area contributed by atoms with Crippen molar-refractivity contribution < 1.29 is 9.47 Å². The van der Waals surface area contributed by atoms with Crippen molar-refractivity contribution in [3.8, 4) is 0 Å². The summed E-state index contributed by atoms with van der Waals surface area (Å²) in [5.74, 6) is 2.80. The van der Waals surface area contributed by atoms with Crippen molar-refractivity contribution in [2.45, 2.75) is 77.2 Å². The second-order valence-corrected chi connectivity index (χ2v) is 9.32. The molecule has 4 rings (SSSR count). The molecule has 4 heterocycles. The number of hydrogen-bond acceptors (Lipinski definition) is 6. The molecule has 2 atom stereocenters. The highest BCUT2D eigenvalue weighted by Gasteiger charge is 2.27. The van der Waals surface area contributed by atoms with Crippen LogP contribution in [0.1, 0.15) is 57.1 Å². The van der Waals surface area contributed by atoms with Crippen molar-refractivity contribution in [1.82, 2.24) is 29.9 Å². The van der Waals surface area contributed by atoms with Gasteiger partial charge in [0.25, 0.3) is 0 Å². The number of guanidine groups is 1. The van der Waals surface area contributed by atoms with Crippen molar-refractivity contribution in [2.75, 3.05) is 45.9 Å². The van der Waals surface area contributed by atoms with Gasteiger partial charge in [-0.1, -0.05) is 6.92 Å². The first-order valence-electron chi connectivity index (χ1n) is 12.5. The molecule has 188 valence electrons. The monoisotopic (exact) mass is 575 g/mol. The Labute approximate surface area is 215 Å². The van der Waals surface area contributed by atoms with E-state index in [9.17, 15) is 0 Å². The lowest BCUT2D eigenvalue weighted by Gasteiger charge is -2.35. The molecule has 1 aromatic rings. The number of ether oxygens (including phenoxy) is 2. The van der Waals surface area contributed by atoms with E-state index in [1.165, 1.54) is 25.8 Å². The molecule has 3 fully saturated rings. The Kier molecular flexibility index (Phi) is 10.6. The molecule has 0 bridgehead atoms. The van der Waals surface area contributed by atoms with Crippen molar-refractivity contribution in [1.29, 1.82) is 0 Å². The Morgan fingerprint density at radius 1 is 1.15 bits per heavy atom. The fourth-order valence-electron chi connectivity index (χ4n) is 5.01. The van der Waals surface area contributed by atoms with Gasteiger partial charge in [0.15, 0.2) is 11.8 Å². The zero-order valence-electron chi connectivity index (χ0n) is 20.5. The first kappa shape index (κ1) is 26.6. The first-order chi connectivity index (χ1) is 15.6. The highest BCUT2D eigenvalue weighted by Crippen LogP contribution is 2.19. The van der Waals surface area contributed by atoms with Crippen LogP contribution in [0.5, 0.6) is 0 Å². The van der Waals surface area contributed by atoms with E-state index in [0.29, 0.717) is 24.8 Å². The third-order valence-corrected chi connectivity index (χ3v) is 7.24. The smallest absolute Gasteiger partial charge is 0.194 e. The van der Waals surface area contributed by atoms with Crippen molar-refractivity contribution in [2.24, 2.45) is 12.0 Å². The zero-order valence-corrected chi connectivity index (χ0v) is 22.9. The molecule has 9 nitrogen and oxygen atoms in total. The van der Waals surface area contributed by atoms with Gasteiger partial charge >= 0.3 is 0 Å². The molecule has 33 heavy (non-hydrogen) atoms. The van der Waals surface area contributed by atoms with Gasteiger partial charge in [0.1, 0.15) is 12.4 Å². The molecule has 3 saturated heterocycles. The highest BCUT2D eigenvalue weighted by molar-refractivity contribution is 14.0. The number of aliphatic imine (C=N–C) groups is 1. The number of likely N-dealkylation sites (tertiary alicyclic amines) is 2. The van der Waals surface area contributed by atoms with Crippen molar-refractivity contribution in [3.05, 3.63) is 11.6 Å². The van der Waals surface area contributed by atoms with Gasteiger partial charge in [0.05, 0.1) is 18.8 Å². The van der Waals surface area contributed by atoms with E-state index in [2.05, 4.69) is 32.2 Å². The van der Waals surface area contributed by atoms with Crippen LogP contribution in [0.15, 0.2) is 4.99 Å². The van der Waals surface area contributed by atoms with Crippen LogP contribution in [0, 0.1) is 6.92 Å². The van der Waals surface area contributed by atoms with E-state index < -0.39 is 0 Å². The van der Waals surface area contributed by atoms with Crippen LogP contribution in [-0.2, 0) is 23.1 Å². The standard InChI is InChI=1S/C23H41N7O2.HI/c1-4-29-11-5-7-19(29)15-24-23(25-16-22-27-26-18(2)28(22)3)30-12-9-20(10-13-30)32-17-21-8-6-14-31-21;/h19-21H,4-17H2,1-3H3,(H,24,25);1H. The van der Waals surface area contributed by atoms with Crippen LogP contribution >= 0.6 is 24.0 Å². The van der Waals surface area contributed by atoms with Gasteiger partial charge in [-0.15, -0.1) is 34.2 Å². The summed E-state index contributed by atoms with van der Waals surface area (Å²) in [5, 5.41) is 12.2. The minimum atomic E-state index is 0. The summed E-state index contributed by atoms with van der Waals surface area (Å²) in [5.41, 5.74) is 0. The van der Waals surface area contributed by atoms with E-state index in [0.717, 1.165) is 76.3 Å². The van der Waals surface area contributed by atoms with Crippen LogP contribution in [-0.4, -0.2) is 94.7 Å². The topological polar surface area (TPSA) is 80.0 Å². The van der Waals surface area contributed by atoms with Gasteiger partial charge < -0.3 is 24.3 Å². The van der Waals surface area contributed by atoms with Crippen LogP contribution < -0.4 is 5.32 Å². The molecule has 0 radical (unpaired) electrons. The van der Waals surface area contributed by atoms with E-state index in [-0.39, 0.29) is 24.0 Å². The number of aryl methyl sites for hydroxylation is 1. The largest absolute Gasteiger partial charge is 0.376 e. The molecule has 1 aromatic heterocycles. The summed E-state index contributed by atoms with van der Waals surface area (Å²) >= 11 is 0. The third kappa shape index (κ3) is 7.25. The van der Waals surface area contributed by atoms with E-state index in [4.69, 9.17) is 14.5 Å². The molecule has 0 amide bonds. The number of halogens is 1. The number of nitrogens with one attached hydrogen (secondary N) is 1. The summed E-state index contributed by atoms with van der Waals surface area (Å²) in [6.45, 7) is 11.6. The maximum Gasteiger partial charge on any atom is 0.194 e. The minimum Gasteiger partial charge on any atom is -0.376 e. The lowest BCUT2D eigenvalue weighted by Crippen LogP contribution is -2.50. The summed E-state index contributed by atoms with van der Waals surface area (Å²) in [7, 11) is 2.00. The van der Waals surface area contributed by atoms with Crippen molar-refractivity contribution in [3.63, 3.8) is 0 Å². The minimum absolute atomic E-state index is 0. The lowest BCUT2D eigenvalue weighted by molar-refractivity contribution is -0.0367. The number of aromatic nitrogens is 3. The molecule has 10 heteroatoms. The summed E-state index contributed by atoms with van der Waals surface area (Å²) < 4.78 is 13.9. The van der Waals surface area contributed by atoms with Crippen LogP contribution in [0.2, 0.25) is 0 Å². The van der Waals surface area contributed by atoms with Gasteiger partial charge in [-0.25, -0.2) is 4.99 Å². The number of piperidine rings is 1. The predicted octanol–water partition coefficient (Wildman–Crippen LogP) is 2.33. The van der Waals surface area contributed by atoms with Crippen LogP contribution in [0.25, 0.3) is 0 Å². The number of nitrogens with zero attached hydrogens (tertiary/aromatic N) is 6. The quantitative estimate of drug-likeness (QED) is 0.290. The second-order valence-electron chi connectivity index (χ2n) is 9.32. The third-order valence-electron chi connectivity index (χ3n) is 7.24. The van der Waals surface area contributed by atoms with Gasteiger partial charge in [-0.3, -0.25) is 4.90 Å². The Balaban J connectivity index is 0.00000306. The molecular formula is C23H42IN7O2. The van der Waals surface area contributed by atoms with Crippen LogP contribution in [0.3, 0.4) is 0 Å². The molecule has 0 aliphatic carbocycles. The van der Waals surface area contributed by atoms with E-state index in [1.54, 1.807) is 0 Å². The predicted molar refractivity (Wildman–Crippen MR) is 140 cm³/mol. The van der Waals surface area contributed by atoms with Crippen molar-refractivity contribution >= 4 is 29.9 Å². The second kappa shape index (κ2) is 13.2. The maximum atomic E-state index is 6.17. The first-order valence-corrected chi connectivity index (χ1v) is 12.5. The maximum absolute atomic E-state index is 6.17. The number of likely N-dealkylation sites (N-methyl/N-ethyl adjacent to an activating group) is 1. The zero-order chi connectivity index (χ0) is 22.3. The molecule has 0 saturated carbocycles. The van der Waals surface area contributed by atoms with E-state index in [1.807, 2.05) is 18.5 Å². The molecule has 3 aliphatic heterocycles. The summed E-state index contributed by atoms with van der Waals surface area (Å²) in [6.07, 6.45) is 7.53. The SMILES string of the molecule is CCN1CCCC1CNC(=NCc1nnc(C)n1C)N1CCC(OCC2CCCO2)CC1.I. The Morgan fingerprint density at radius 2 is 1.97 bits per heavy atom. The Morgan fingerprint density at radius 3 is 2.64 bits per heavy atom. The highest BCUT2D eigenvalue weighted by atomic mass is 127. The molecule has 3 aliphatic rings.